The highest BCUT2D eigenvalue weighted by molar-refractivity contribution is 7.89. The minimum atomic E-state index is -3.52. The second-order valence-electron chi connectivity index (χ2n) is 5.46. The molecule has 0 radical (unpaired) electrons. The highest BCUT2D eigenvalue weighted by atomic mass is 32.2. The normalized spacial score (nSPS) is 13.2. The Morgan fingerprint density at radius 2 is 1.95 bits per heavy atom. The van der Waals surface area contributed by atoms with Gasteiger partial charge in [0, 0.05) is 12.6 Å². The molecule has 0 fully saturated rings. The van der Waals surface area contributed by atoms with E-state index in [1.807, 2.05) is 32.0 Å². The van der Waals surface area contributed by atoms with Gasteiger partial charge in [-0.1, -0.05) is 30.3 Å². The Morgan fingerprint density at radius 3 is 2.55 bits per heavy atom. The summed E-state index contributed by atoms with van der Waals surface area (Å²) < 4.78 is 29.3. The van der Waals surface area contributed by atoms with Crippen LogP contribution in [0.2, 0.25) is 0 Å². The minimum Gasteiger partial charge on any atom is -0.269 e. The maximum atomic E-state index is 12.4. The SMILES string of the molecule is CCn1ncc(S(=O)(=O)NC(C)CCc2ccccc2)c1C. The number of benzene rings is 1. The Labute approximate surface area is 132 Å². The Morgan fingerprint density at radius 1 is 1.27 bits per heavy atom. The van der Waals surface area contributed by atoms with Crippen molar-refractivity contribution in [2.45, 2.75) is 51.1 Å². The van der Waals surface area contributed by atoms with Crippen molar-refractivity contribution in [2.24, 2.45) is 0 Å². The average molecular weight is 321 g/mol. The van der Waals surface area contributed by atoms with Gasteiger partial charge in [-0.2, -0.15) is 5.10 Å². The van der Waals surface area contributed by atoms with Crippen molar-refractivity contribution in [1.29, 1.82) is 0 Å². The standard InChI is InChI=1S/C16H23N3O2S/c1-4-19-14(3)16(12-17-19)22(20,21)18-13(2)10-11-15-8-6-5-7-9-15/h5-9,12-13,18H,4,10-11H2,1-3H3. The second-order valence-corrected chi connectivity index (χ2v) is 7.14. The molecule has 1 heterocycles. The summed E-state index contributed by atoms with van der Waals surface area (Å²) in [6.45, 7) is 6.26. The maximum Gasteiger partial charge on any atom is 0.244 e. The van der Waals surface area contributed by atoms with Gasteiger partial charge in [-0.15, -0.1) is 0 Å². The molecule has 2 aromatic rings. The van der Waals surface area contributed by atoms with Crippen molar-refractivity contribution in [3.05, 3.63) is 47.8 Å². The van der Waals surface area contributed by atoms with Crippen LogP contribution < -0.4 is 4.72 Å². The first-order chi connectivity index (χ1) is 10.4. The summed E-state index contributed by atoms with van der Waals surface area (Å²) in [6.07, 6.45) is 3.02. The summed E-state index contributed by atoms with van der Waals surface area (Å²) >= 11 is 0. The van der Waals surface area contributed by atoms with Crippen LogP contribution in [0.1, 0.15) is 31.5 Å². The van der Waals surface area contributed by atoms with Gasteiger partial charge in [0.05, 0.1) is 11.9 Å². The van der Waals surface area contributed by atoms with Crippen molar-refractivity contribution >= 4 is 10.0 Å². The monoisotopic (exact) mass is 321 g/mol. The van der Waals surface area contributed by atoms with E-state index in [9.17, 15) is 8.42 Å². The molecule has 0 aliphatic carbocycles. The van der Waals surface area contributed by atoms with Gasteiger partial charge in [0.15, 0.2) is 0 Å². The fourth-order valence-electron chi connectivity index (χ4n) is 2.43. The third kappa shape index (κ3) is 3.96. The largest absolute Gasteiger partial charge is 0.269 e. The molecule has 0 saturated heterocycles. The van der Waals surface area contributed by atoms with Crippen LogP contribution >= 0.6 is 0 Å². The van der Waals surface area contributed by atoms with E-state index in [2.05, 4.69) is 22.0 Å². The molecular weight excluding hydrogens is 298 g/mol. The quantitative estimate of drug-likeness (QED) is 0.852. The molecule has 120 valence electrons. The summed E-state index contributed by atoms with van der Waals surface area (Å²) in [5.41, 5.74) is 1.88. The van der Waals surface area contributed by atoms with Crippen molar-refractivity contribution < 1.29 is 8.42 Å². The van der Waals surface area contributed by atoms with Crippen LogP contribution in [-0.4, -0.2) is 24.2 Å². The fourth-order valence-corrected chi connectivity index (χ4v) is 3.88. The lowest BCUT2D eigenvalue weighted by Crippen LogP contribution is -2.33. The zero-order valence-corrected chi connectivity index (χ0v) is 14.1. The molecule has 0 spiro atoms. The Bertz CT molecular complexity index is 708. The molecule has 6 heteroatoms. The van der Waals surface area contributed by atoms with Crippen LogP contribution in [0, 0.1) is 6.92 Å². The first kappa shape index (κ1) is 16.7. The predicted octanol–water partition coefficient (Wildman–Crippen LogP) is 2.51. The Hall–Kier alpha value is -1.66. The van der Waals surface area contributed by atoms with Crippen LogP contribution in [0.5, 0.6) is 0 Å². The molecule has 22 heavy (non-hydrogen) atoms. The molecule has 2 rings (SSSR count). The molecule has 0 saturated carbocycles. The van der Waals surface area contributed by atoms with Crippen molar-refractivity contribution in [3.8, 4) is 0 Å². The first-order valence-electron chi connectivity index (χ1n) is 7.52. The molecular formula is C16H23N3O2S. The Balaban J connectivity index is 2.00. The smallest absolute Gasteiger partial charge is 0.244 e. The van der Waals surface area contributed by atoms with Crippen LogP contribution in [0.15, 0.2) is 41.4 Å². The van der Waals surface area contributed by atoms with Gasteiger partial charge in [0.1, 0.15) is 4.90 Å². The third-order valence-corrected chi connectivity index (χ3v) is 5.40. The van der Waals surface area contributed by atoms with E-state index in [1.54, 1.807) is 11.6 Å². The predicted molar refractivity (Wildman–Crippen MR) is 87.2 cm³/mol. The molecule has 0 amide bonds. The van der Waals surface area contributed by atoms with Gasteiger partial charge in [-0.3, -0.25) is 4.68 Å². The molecule has 1 aromatic carbocycles. The molecule has 0 aliphatic heterocycles. The van der Waals surface area contributed by atoms with E-state index < -0.39 is 10.0 Å². The molecule has 1 aromatic heterocycles. The van der Waals surface area contributed by atoms with E-state index in [4.69, 9.17) is 0 Å². The number of sulfonamides is 1. The lowest BCUT2D eigenvalue weighted by molar-refractivity contribution is 0.545. The third-order valence-electron chi connectivity index (χ3n) is 3.71. The summed E-state index contributed by atoms with van der Waals surface area (Å²) in [7, 11) is -3.52. The summed E-state index contributed by atoms with van der Waals surface area (Å²) in [4.78, 5) is 0.265. The molecule has 0 bridgehead atoms. The molecule has 1 N–H and O–H groups in total. The van der Waals surface area contributed by atoms with E-state index in [0.29, 0.717) is 12.2 Å². The number of nitrogens with one attached hydrogen (secondary N) is 1. The zero-order chi connectivity index (χ0) is 16.2. The zero-order valence-electron chi connectivity index (χ0n) is 13.3. The van der Waals surface area contributed by atoms with Crippen LogP contribution in [0.25, 0.3) is 0 Å². The number of aromatic nitrogens is 2. The van der Waals surface area contributed by atoms with Crippen molar-refractivity contribution in [2.75, 3.05) is 0 Å². The number of nitrogens with zero attached hydrogens (tertiary/aromatic N) is 2. The van der Waals surface area contributed by atoms with Gasteiger partial charge in [0.2, 0.25) is 10.0 Å². The van der Waals surface area contributed by atoms with Crippen LogP contribution in [0.3, 0.4) is 0 Å². The van der Waals surface area contributed by atoms with Gasteiger partial charge in [-0.05, 0) is 39.2 Å². The van der Waals surface area contributed by atoms with Crippen LogP contribution in [-0.2, 0) is 23.0 Å². The van der Waals surface area contributed by atoms with Gasteiger partial charge in [-0.25, -0.2) is 13.1 Å². The lowest BCUT2D eigenvalue weighted by Gasteiger charge is -2.14. The summed E-state index contributed by atoms with van der Waals surface area (Å²) in [5.74, 6) is 0. The minimum absolute atomic E-state index is 0.130. The first-order valence-corrected chi connectivity index (χ1v) is 9.01. The number of hydrogen-bond acceptors (Lipinski definition) is 3. The van der Waals surface area contributed by atoms with Crippen molar-refractivity contribution in [3.63, 3.8) is 0 Å². The summed E-state index contributed by atoms with van der Waals surface area (Å²) in [6, 6.07) is 9.94. The van der Waals surface area contributed by atoms with Crippen LogP contribution in [0.4, 0.5) is 0 Å². The van der Waals surface area contributed by atoms with E-state index >= 15 is 0 Å². The van der Waals surface area contributed by atoms with Gasteiger partial charge in [0.25, 0.3) is 0 Å². The fraction of sp³-hybridized carbons (Fsp3) is 0.438. The maximum absolute atomic E-state index is 12.4. The van der Waals surface area contributed by atoms with E-state index in [-0.39, 0.29) is 10.9 Å². The number of rotatable bonds is 7. The van der Waals surface area contributed by atoms with E-state index in [0.717, 1.165) is 12.8 Å². The molecule has 0 aliphatic rings. The second kappa shape index (κ2) is 7.07. The van der Waals surface area contributed by atoms with E-state index in [1.165, 1.54) is 11.8 Å². The number of aryl methyl sites for hydroxylation is 2. The topological polar surface area (TPSA) is 64.0 Å². The van der Waals surface area contributed by atoms with Gasteiger partial charge >= 0.3 is 0 Å². The van der Waals surface area contributed by atoms with Gasteiger partial charge < -0.3 is 0 Å². The number of hydrogen-bond donors (Lipinski definition) is 1. The highest BCUT2D eigenvalue weighted by Gasteiger charge is 2.22. The summed E-state index contributed by atoms with van der Waals surface area (Å²) in [5, 5.41) is 4.10. The average Bonchev–Trinajstić information content (AvgIpc) is 2.87. The van der Waals surface area contributed by atoms with Crippen molar-refractivity contribution in [1.82, 2.24) is 14.5 Å². The molecule has 5 nitrogen and oxygen atoms in total. The molecule has 1 atom stereocenters. The highest BCUT2D eigenvalue weighted by Crippen LogP contribution is 2.15. The molecule has 1 unspecified atom stereocenters. The lowest BCUT2D eigenvalue weighted by atomic mass is 10.1. The Kier molecular flexibility index (Phi) is 5.37.